The molecule has 4 N–H and O–H groups in total. The van der Waals surface area contributed by atoms with Gasteiger partial charge >= 0.3 is 0 Å². The number of nitrogens with zero attached hydrogens (tertiary/aromatic N) is 3. The Kier molecular flexibility index (Phi) is 8.75. The van der Waals surface area contributed by atoms with E-state index in [-0.39, 0.29) is 17.6 Å². The van der Waals surface area contributed by atoms with Gasteiger partial charge in [-0.25, -0.2) is 4.39 Å². The molecule has 0 radical (unpaired) electrons. The number of hydrogen-bond donors (Lipinski definition) is 4. The van der Waals surface area contributed by atoms with Crippen molar-refractivity contribution in [2.75, 3.05) is 44.8 Å². The summed E-state index contributed by atoms with van der Waals surface area (Å²) in [6, 6.07) is 13.9. The second-order valence-electron chi connectivity index (χ2n) is 10.6. The van der Waals surface area contributed by atoms with E-state index in [1.807, 2.05) is 35.4 Å². The fourth-order valence-corrected chi connectivity index (χ4v) is 5.19. The molecule has 1 saturated carbocycles. The number of benzene rings is 2. The topological polar surface area (TPSA) is 92.0 Å². The molecule has 0 aromatic heterocycles. The lowest BCUT2D eigenvalue weighted by molar-refractivity contribution is -0.135. The zero-order chi connectivity index (χ0) is 27.2. The summed E-state index contributed by atoms with van der Waals surface area (Å²) in [6.45, 7) is 3.87. The van der Waals surface area contributed by atoms with Gasteiger partial charge in [-0.1, -0.05) is 12.1 Å². The molecule has 9 nitrogen and oxygen atoms in total. The Morgan fingerprint density at radius 2 is 1.77 bits per heavy atom. The van der Waals surface area contributed by atoms with Crippen LogP contribution < -0.4 is 26.6 Å². The van der Waals surface area contributed by atoms with Crippen LogP contribution in [0.1, 0.15) is 47.5 Å². The van der Waals surface area contributed by atoms with Gasteiger partial charge in [0.25, 0.3) is 5.91 Å². The first-order chi connectivity index (χ1) is 19.0. The predicted molar refractivity (Wildman–Crippen MR) is 149 cm³/mol. The van der Waals surface area contributed by atoms with Crippen LogP contribution in [0.2, 0.25) is 0 Å². The minimum Gasteiger partial charge on any atom is -0.340 e. The van der Waals surface area contributed by atoms with Crippen LogP contribution in [0.4, 0.5) is 10.1 Å². The van der Waals surface area contributed by atoms with Gasteiger partial charge in [-0.15, -0.1) is 5.53 Å². The van der Waals surface area contributed by atoms with Crippen molar-refractivity contribution in [3.05, 3.63) is 77.9 Å². The summed E-state index contributed by atoms with van der Waals surface area (Å²) in [5.74, 6) is -0.00758. The van der Waals surface area contributed by atoms with E-state index in [0.29, 0.717) is 37.0 Å². The van der Waals surface area contributed by atoms with Gasteiger partial charge in [-0.2, -0.15) is 0 Å². The lowest BCUT2D eigenvalue weighted by Crippen LogP contribution is -2.54. The molecular formula is C29H38FN7O2. The van der Waals surface area contributed by atoms with E-state index in [1.165, 1.54) is 17.7 Å². The van der Waals surface area contributed by atoms with Gasteiger partial charge in [0.05, 0.1) is 5.69 Å². The van der Waals surface area contributed by atoms with E-state index in [9.17, 15) is 14.0 Å². The van der Waals surface area contributed by atoms with E-state index in [1.54, 1.807) is 23.3 Å². The van der Waals surface area contributed by atoms with Crippen LogP contribution in [-0.4, -0.2) is 73.5 Å². The van der Waals surface area contributed by atoms with Gasteiger partial charge < -0.3 is 25.9 Å². The van der Waals surface area contributed by atoms with Crippen molar-refractivity contribution in [3.63, 3.8) is 0 Å². The molecule has 1 aliphatic carbocycles. The van der Waals surface area contributed by atoms with Crippen LogP contribution in [0.25, 0.3) is 0 Å². The maximum atomic E-state index is 13.4. The molecule has 2 aromatic carbocycles. The smallest absolute Gasteiger partial charge is 0.251 e. The number of anilines is 1. The minimum atomic E-state index is -0.555. The van der Waals surface area contributed by atoms with Crippen molar-refractivity contribution in [3.8, 4) is 0 Å². The molecule has 3 aliphatic rings. The van der Waals surface area contributed by atoms with Gasteiger partial charge in [-0.05, 0) is 81.2 Å². The zero-order valence-corrected chi connectivity index (χ0v) is 22.4. The van der Waals surface area contributed by atoms with E-state index >= 15 is 0 Å². The van der Waals surface area contributed by atoms with Crippen LogP contribution in [-0.2, 0) is 4.79 Å². The lowest BCUT2D eigenvalue weighted by Gasteiger charge is -2.34. The molecule has 0 spiro atoms. The van der Waals surface area contributed by atoms with Crippen LogP contribution in [0.5, 0.6) is 0 Å². The second kappa shape index (κ2) is 12.6. The summed E-state index contributed by atoms with van der Waals surface area (Å²) in [5.41, 5.74) is 8.43. The van der Waals surface area contributed by atoms with Crippen LogP contribution in [0.3, 0.4) is 0 Å². The fraction of sp³-hybridized carbons (Fsp3) is 0.448. The maximum Gasteiger partial charge on any atom is 0.251 e. The molecule has 10 heteroatoms. The van der Waals surface area contributed by atoms with Gasteiger partial charge in [0.1, 0.15) is 11.9 Å². The molecule has 208 valence electrons. The molecular weight excluding hydrogens is 497 g/mol. The number of amides is 2. The first-order valence-electron chi connectivity index (χ1n) is 13.8. The van der Waals surface area contributed by atoms with Gasteiger partial charge in [0.2, 0.25) is 5.91 Å². The van der Waals surface area contributed by atoms with Crippen molar-refractivity contribution in [2.24, 2.45) is 0 Å². The number of unbranched alkanes of at least 4 members (excludes halogenated alkanes) is 1. The number of likely N-dealkylation sites (N-methyl/N-ethyl adjacent to an activating group) is 1. The molecule has 2 amide bonds. The van der Waals surface area contributed by atoms with Gasteiger partial charge in [-0.3, -0.25) is 14.6 Å². The third-order valence-electron chi connectivity index (χ3n) is 7.73. The highest BCUT2D eigenvalue weighted by Gasteiger charge is 2.37. The second-order valence-corrected chi connectivity index (χ2v) is 10.6. The Balaban J connectivity index is 1.12. The third kappa shape index (κ3) is 7.14. The van der Waals surface area contributed by atoms with Crippen LogP contribution in [0.15, 0.2) is 60.9 Å². The minimum absolute atomic E-state index is 0.00271. The molecule has 0 unspecified atom stereocenters. The zero-order valence-electron chi connectivity index (χ0n) is 22.4. The Morgan fingerprint density at radius 3 is 2.46 bits per heavy atom. The Bertz CT molecular complexity index is 1150. The van der Waals surface area contributed by atoms with E-state index in [4.69, 9.17) is 0 Å². The van der Waals surface area contributed by atoms with Crippen molar-refractivity contribution in [1.82, 2.24) is 31.4 Å². The predicted octanol–water partition coefficient (Wildman–Crippen LogP) is 2.31. The number of halogens is 1. The monoisotopic (exact) mass is 535 g/mol. The number of hydrogen-bond acceptors (Lipinski definition) is 7. The summed E-state index contributed by atoms with van der Waals surface area (Å²) < 4.78 is 13.2. The molecule has 2 aliphatic heterocycles. The first-order valence-corrected chi connectivity index (χ1v) is 13.8. The summed E-state index contributed by atoms with van der Waals surface area (Å²) in [4.78, 5) is 30.6. The SMILES string of the molecule is CN1CCN(C(=O)[C@H](CCCCN[C@@H]2C[C@H]2c2ccc(F)cc2)NC(=O)c2ccc(N3C=CNN3)cc2)CC1. The third-order valence-corrected chi connectivity index (χ3v) is 7.73. The molecule has 5 rings (SSSR count). The Labute approximate surface area is 229 Å². The number of hydrazine groups is 2. The normalized spacial score (nSPS) is 21.5. The molecule has 1 saturated heterocycles. The van der Waals surface area contributed by atoms with Crippen LogP contribution in [0, 0.1) is 5.82 Å². The molecule has 2 fully saturated rings. The summed E-state index contributed by atoms with van der Waals surface area (Å²) >= 11 is 0. The van der Waals surface area contributed by atoms with E-state index < -0.39 is 6.04 Å². The largest absolute Gasteiger partial charge is 0.340 e. The number of rotatable bonds is 11. The highest BCUT2D eigenvalue weighted by atomic mass is 19.1. The highest BCUT2D eigenvalue weighted by Crippen LogP contribution is 2.40. The fourth-order valence-electron chi connectivity index (χ4n) is 5.19. The first kappa shape index (κ1) is 27.1. The summed E-state index contributed by atoms with van der Waals surface area (Å²) in [7, 11) is 2.06. The van der Waals surface area contributed by atoms with E-state index in [2.05, 4.69) is 33.5 Å². The number of piperazine rings is 1. The average molecular weight is 536 g/mol. The Hall–Kier alpha value is -3.47. The van der Waals surface area contributed by atoms with E-state index in [0.717, 1.165) is 44.6 Å². The van der Waals surface area contributed by atoms with Crippen molar-refractivity contribution in [1.29, 1.82) is 0 Å². The highest BCUT2D eigenvalue weighted by molar-refractivity contribution is 5.97. The molecule has 3 atom stereocenters. The number of nitrogens with one attached hydrogen (secondary N) is 4. The van der Waals surface area contributed by atoms with Gasteiger partial charge in [0.15, 0.2) is 0 Å². The average Bonchev–Trinajstić information content (AvgIpc) is 3.51. The Morgan fingerprint density at radius 1 is 1.03 bits per heavy atom. The van der Waals surface area contributed by atoms with Crippen molar-refractivity contribution in [2.45, 2.75) is 43.7 Å². The quantitative estimate of drug-likeness (QED) is 0.328. The summed E-state index contributed by atoms with van der Waals surface area (Å²) in [6.07, 6.45) is 7.01. The standard InChI is InChI=1S/C29H38FN7O2/c1-35-16-18-36(19-17-35)29(39)26(33-28(38)22-7-11-24(12-8-22)37-15-14-32-34-37)4-2-3-13-31-27-20-25(27)21-5-9-23(30)10-6-21/h5-12,14-15,25-27,31-32,34H,2-4,13,16-20H2,1H3,(H,33,38)/t25-,26-,27+/m0/s1. The van der Waals surface area contributed by atoms with Crippen molar-refractivity contribution < 1.29 is 14.0 Å². The molecule has 2 heterocycles. The number of carbonyl (C=O) groups excluding carboxylic acids is 2. The summed E-state index contributed by atoms with van der Waals surface area (Å²) in [5, 5.41) is 8.42. The molecule has 2 aromatic rings. The van der Waals surface area contributed by atoms with Crippen molar-refractivity contribution >= 4 is 17.5 Å². The molecule has 39 heavy (non-hydrogen) atoms. The maximum absolute atomic E-state index is 13.4. The molecule has 0 bridgehead atoms. The van der Waals surface area contributed by atoms with Crippen LogP contribution >= 0.6 is 0 Å². The number of carbonyl (C=O) groups is 2. The van der Waals surface area contributed by atoms with Gasteiger partial charge in [0, 0.05) is 56.1 Å². The lowest BCUT2D eigenvalue weighted by atomic mass is 10.1.